The number of benzene rings is 1. The Morgan fingerprint density at radius 2 is 1.89 bits per heavy atom. The van der Waals surface area contributed by atoms with Crippen LogP contribution >= 0.6 is 11.8 Å². The highest BCUT2D eigenvalue weighted by Gasteiger charge is 2.18. The zero-order chi connectivity index (χ0) is 13.8. The average Bonchev–Trinajstić information content (AvgIpc) is 2.80. The Balaban J connectivity index is 1.89. The van der Waals surface area contributed by atoms with E-state index in [9.17, 15) is 13.6 Å². The molecule has 0 aliphatic heterocycles. The molecule has 0 unspecified atom stereocenters. The third-order valence-electron chi connectivity index (χ3n) is 3.09. The van der Waals surface area contributed by atoms with Crippen LogP contribution in [0.4, 0.5) is 14.5 Å². The number of hydrogen-bond donors (Lipinski definition) is 2. The molecule has 0 aromatic heterocycles. The van der Waals surface area contributed by atoms with Gasteiger partial charge in [0.05, 0.1) is 10.6 Å². The summed E-state index contributed by atoms with van der Waals surface area (Å²) in [5, 5.41) is 2.87. The molecule has 1 aliphatic carbocycles. The smallest absolute Gasteiger partial charge is 0.230 e. The fourth-order valence-corrected chi connectivity index (χ4v) is 2.95. The van der Waals surface area contributed by atoms with Gasteiger partial charge >= 0.3 is 0 Å². The van der Waals surface area contributed by atoms with Gasteiger partial charge in [-0.05, 0) is 25.0 Å². The molecule has 0 saturated heterocycles. The zero-order valence-electron chi connectivity index (χ0n) is 10.4. The van der Waals surface area contributed by atoms with Crippen molar-refractivity contribution in [2.45, 2.75) is 36.6 Å². The van der Waals surface area contributed by atoms with Crippen molar-refractivity contribution >= 4 is 23.4 Å². The summed E-state index contributed by atoms with van der Waals surface area (Å²) in [6, 6.07) is 2.33. The van der Waals surface area contributed by atoms with E-state index in [-0.39, 0.29) is 28.3 Å². The van der Waals surface area contributed by atoms with E-state index in [0.717, 1.165) is 49.6 Å². The van der Waals surface area contributed by atoms with Gasteiger partial charge in [0, 0.05) is 11.7 Å². The molecule has 0 bridgehead atoms. The monoisotopic (exact) mass is 286 g/mol. The van der Waals surface area contributed by atoms with Gasteiger partial charge in [0.15, 0.2) is 0 Å². The maximum absolute atomic E-state index is 13.5. The van der Waals surface area contributed by atoms with Crippen LogP contribution in [0.25, 0.3) is 0 Å². The Morgan fingerprint density at radius 3 is 2.47 bits per heavy atom. The number of hydrogen-bond acceptors (Lipinski definition) is 3. The number of halogens is 2. The number of nitrogens with two attached hydrogens (primary N) is 1. The highest BCUT2D eigenvalue weighted by molar-refractivity contribution is 8.00. The molecule has 1 amide bonds. The molecule has 1 aliphatic rings. The number of anilines is 1. The Hall–Kier alpha value is -1.30. The predicted octanol–water partition coefficient (Wildman–Crippen LogP) is 2.70. The van der Waals surface area contributed by atoms with Gasteiger partial charge in [-0.2, -0.15) is 0 Å². The summed E-state index contributed by atoms with van der Waals surface area (Å²) in [5.41, 5.74) is 5.36. The summed E-state index contributed by atoms with van der Waals surface area (Å²) in [4.78, 5) is 11.5. The molecule has 0 heterocycles. The lowest BCUT2D eigenvalue weighted by Gasteiger charge is -2.12. The standard InChI is InChI=1S/C13H16F2N2OS/c14-10-5-8(16)6-11(15)13(10)19-7-12(18)17-9-3-1-2-4-9/h5-6,9H,1-4,7,16H2,(H,17,18). The lowest BCUT2D eigenvalue weighted by Crippen LogP contribution is -2.33. The first-order valence-electron chi connectivity index (χ1n) is 6.23. The third kappa shape index (κ3) is 3.83. The first-order valence-corrected chi connectivity index (χ1v) is 7.21. The van der Waals surface area contributed by atoms with Crippen molar-refractivity contribution in [3.63, 3.8) is 0 Å². The summed E-state index contributed by atoms with van der Waals surface area (Å²) in [6.07, 6.45) is 4.22. The first-order chi connectivity index (χ1) is 9.06. The summed E-state index contributed by atoms with van der Waals surface area (Å²) in [7, 11) is 0. The first kappa shape index (κ1) is 14.1. The zero-order valence-corrected chi connectivity index (χ0v) is 11.2. The molecule has 104 valence electrons. The van der Waals surface area contributed by atoms with E-state index >= 15 is 0 Å². The second kappa shape index (κ2) is 6.23. The Morgan fingerprint density at radius 1 is 1.32 bits per heavy atom. The third-order valence-corrected chi connectivity index (χ3v) is 4.17. The van der Waals surface area contributed by atoms with E-state index in [1.807, 2.05) is 0 Å². The van der Waals surface area contributed by atoms with Crippen LogP contribution in [0.2, 0.25) is 0 Å². The van der Waals surface area contributed by atoms with Crippen LogP contribution < -0.4 is 11.1 Å². The Labute approximate surface area is 114 Å². The molecule has 1 aromatic carbocycles. The van der Waals surface area contributed by atoms with Crippen LogP contribution in [0.1, 0.15) is 25.7 Å². The van der Waals surface area contributed by atoms with Gasteiger partial charge in [-0.1, -0.05) is 12.8 Å². The van der Waals surface area contributed by atoms with E-state index < -0.39 is 11.6 Å². The number of rotatable bonds is 4. The summed E-state index contributed by atoms with van der Waals surface area (Å²) in [5.74, 6) is -1.63. The van der Waals surface area contributed by atoms with Crippen molar-refractivity contribution in [3.05, 3.63) is 23.8 Å². The number of amides is 1. The van der Waals surface area contributed by atoms with Gasteiger partial charge < -0.3 is 11.1 Å². The molecule has 1 aromatic rings. The number of nitrogen functional groups attached to an aromatic ring is 1. The lowest BCUT2D eigenvalue weighted by molar-refractivity contribution is -0.119. The van der Waals surface area contributed by atoms with E-state index in [4.69, 9.17) is 5.73 Å². The normalized spacial score (nSPS) is 15.7. The average molecular weight is 286 g/mol. The minimum absolute atomic E-state index is 0.00819. The maximum Gasteiger partial charge on any atom is 0.230 e. The van der Waals surface area contributed by atoms with Crippen molar-refractivity contribution < 1.29 is 13.6 Å². The maximum atomic E-state index is 13.5. The van der Waals surface area contributed by atoms with E-state index in [0.29, 0.717) is 0 Å². The summed E-state index contributed by atoms with van der Waals surface area (Å²) < 4.78 is 27.0. The van der Waals surface area contributed by atoms with E-state index in [1.165, 1.54) is 0 Å². The highest BCUT2D eigenvalue weighted by Crippen LogP contribution is 2.27. The number of carbonyl (C=O) groups is 1. The highest BCUT2D eigenvalue weighted by atomic mass is 32.2. The fraction of sp³-hybridized carbons (Fsp3) is 0.462. The van der Waals surface area contributed by atoms with Crippen LogP contribution in [0.5, 0.6) is 0 Å². The van der Waals surface area contributed by atoms with Crippen molar-refractivity contribution in [2.24, 2.45) is 0 Å². The molecule has 3 nitrogen and oxygen atoms in total. The molecule has 0 atom stereocenters. The van der Waals surface area contributed by atoms with Crippen LogP contribution in [0.3, 0.4) is 0 Å². The molecule has 1 saturated carbocycles. The molecule has 3 N–H and O–H groups in total. The van der Waals surface area contributed by atoms with Crippen molar-refractivity contribution in [3.8, 4) is 0 Å². The minimum atomic E-state index is -0.726. The quantitative estimate of drug-likeness (QED) is 0.661. The van der Waals surface area contributed by atoms with Crippen LogP contribution in [0, 0.1) is 11.6 Å². The lowest BCUT2D eigenvalue weighted by atomic mass is 10.2. The van der Waals surface area contributed by atoms with Gasteiger partial charge in [-0.25, -0.2) is 8.78 Å². The van der Waals surface area contributed by atoms with Gasteiger partial charge in [-0.15, -0.1) is 11.8 Å². The number of nitrogens with one attached hydrogen (secondary N) is 1. The topological polar surface area (TPSA) is 55.1 Å². The van der Waals surface area contributed by atoms with E-state index in [2.05, 4.69) is 5.32 Å². The second-order valence-corrected chi connectivity index (χ2v) is 5.64. The second-order valence-electron chi connectivity index (χ2n) is 4.65. The van der Waals surface area contributed by atoms with Crippen molar-refractivity contribution in [2.75, 3.05) is 11.5 Å². The molecule has 2 rings (SSSR count). The molecular formula is C13H16F2N2OS. The SMILES string of the molecule is Nc1cc(F)c(SCC(=O)NC2CCCC2)c(F)c1. The van der Waals surface area contributed by atoms with Crippen LogP contribution in [0.15, 0.2) is 17.0 Å². The molecule has 6 heteroatoms. The Bertz CT molecular complexity index is 453. The van der Waals surface area contributed by atoms with Crippen molar-refractivity contribution in [1.29, 1.82) is 0 Å². The fourth-order valence-electron chi connectivity index (χ4n) is 2.19. The molecule has 19 heavy (non-hydrogen) atoms. The number of thioether (sulfide) groups is 1. The predicted molar refractivity (Wildman–Crippen MR) is 71.9 cm³/mol. The molecule has 0 radical (unpaired) electrons. The molecule has 0 spiro atoms. The largest absolute Gasteiger partial charge is 0.399 e. The Kier molecular flexibility index (Phi) is 4.63. The van der Waals surface area contributed by atoms with Gasteiger partial charge in [-0.3, -0.25) is 4.79 Å². The van der Waals surface area contributed by atoms with Gasteiger partial charge in [0.2, 0.25) is 5.91 Å². The van der Waals surface area contributed by atoms with Crippen LogP contribution in [-0.2, 0) is 4.79 Å². The van der Waals surface area contributed by atoms with Crippen molar-refractivity contribution in [1.82, 2.24) is 5.32 Å². The minimum Gasteiger partial charge on any atom is -0.399 e. The van der Waals surface area contributed by atoms with Crippen LogP contribution in [-0.4, -0.2) is 17.7 Å². The molecule has 1 fully saturated rings. The van der Waals surface area contributed by atoms with E-state index in [1.54, 1.807) is 0 Å². The van der Waals surface area contributed by atoms with Gasteiger partial charge in [0.25, 0.3) is 0 Å². The summed E-state index contributed by atoms with van der Waals surface area (Å²) in [6.45, 7) is 0. The number of carbonyl (C=O) groups excluding carboxylic acids is 1. The summed E-state index contributed by atoms with van der Waals surface area (Å²) >= 11 is 0.856. The van der Waals surface area contributed by atoms with Gasteiger partial charge in [0.1, 0.15) is 11.6 Å². The molecular weight excluding hydrogens is 270 g/mol.